The molecule has 2 aromatic rings. The van der Waals surface area contributed by atoms with Gasteiger partial charge in [-0.15, -0.1) is 11.3 Å². The van der Waals surface area contributed by atoms with E-state index in [1.165, 1.54) is 17.5 Å². The minimum Gasteiger partial charge on any atom is -0.378 e. The molecule has 10 heteroatoms. The first-order chi connectivity index (χ1) is 12.4. The van der Waals surface area contributed by atoms with E-state index in [1.807, 2.05) is 5.38 Å². The molecule has 0 aliphatic carbocycles. The van der Waals surface area contributed by atoms with Crippen molar-refractivity contribution in [1.29, 1.82) is 0 Å². The summed E-state index contributed by atoms with van der Waals surface area (Å²) in [5.74, 6) is -0.191. The topological polar surface area (TPSA) is 59.4 Å². The molecule has 26 heavy (non-hydrogen) atoms. The van der Waals surface area contributed by atoms with E-state index in [0.29, 0.717) is 26.3 Å². The maximum Gasteiger partial charge on any atom is 0.410 e. The number of carbonyl (C=O) groups excluding carboxylic acids is 1. The second kappa shape index (κ2) is 6.58. The van der Waals surface area contributed by atoms with Crippen molar-refractivity contribution in [2.24, 2.45) is 0 Å². The van der Waals surface area contributed by atoms with E-state index in [0.717, 1.165) is 9.56 Å². The molecule has 4 heterocycles. The summed E-state index contributed by atoms with van der Waals surface area (Å²) < 4.78 is 46.9. The van der Waals surface area contributed by atoms with Gasteiger partial charge in [-0.2, -0.15) is 18.3 Å². The molecule has 2 aromatic heterocycles. The molecule has 0 aromatic carbocycles. The van der Waals surface area contributed by atoms with E-state index >= 15 is 0 Å². The molecule has 2 aliphatic heterocycles. The third-order valence-corrected chi connectivity index (χ3v) is 5.64. The Labute approximate surface area is 151 Å². The van der Waals surface area contributed by atoms with Crippen LogP contribution in [0.25, 0.3) is 0 Å². The average molecular weight is 386 g/mol. The Morgan fingerprint density at radius 3 is 2.77 bits per heavy atom. The Kier molecular flexibility index (Phi) is 4.39. The van der Waals surface area contributed by atoms with Gasteiger partial charge in [0.05, 0.1) is 25.5 Å². The summed E-state index contributed by atoms with van der Waals surface area (Å²) in [5.41, 5.74) is 0.169. The Hall–Kier alpha value is -2.07. The monoisotopic (exact) mass is 386 g/mol. The number of morpholine rings is 1. The maximum atomic E-state index is 13.6. The fourth-order valence-electron chi connectivity index (χ4n) is 3.33. The van der Waals surface area contributed by atoms with Crippen LogP contribution in [0.2, 0.25) is 0 Å². The van der Waals surface area contributed by atoms with Gasteiger partial charge in [0.25, 0.3) is 5.91 Å². The zero-order valence-electron chi connectivity index (χ0n) is 13.7. The number of nitrogens with one attached hydrogen (secondary N) is 1. The van der Waals surface area contributed by atoms with Gasteiger partial charge in [-0.25, -0.2) is 4.68 Å². The van der Waals surface area contributed by atoms with E-state index in [2.05, 4.69) is 10.4 Å². The van der Waals surface area contributed by atoms with Crippen LogP contribution >= 0.6 is 11.3 Å². The first-order valence-corrected chi connectivity index (χ1v) is 9.14. The molecule has 0 radical (unpaired) electrons. The van der Waals surface area contributed by atoms with Crippen molar-refractivity contribution in [1.82, 2.24) is 14.7 Å². The maximum absolute atomic E-state index is 13.6. The van der Waals surface area contributed by atoms with Crippen LogP contribution in [0.1, 0.15) is 33.7 Å². The van der Waals surface area contributed by atoms with Crippen LogP contribution in [-0.4, -0.2) is 53.1 Å². The summed E-state index contributed by atoms with van der Waals surface area (Å²) in [6, 6.07) is 1.32. The third-order valence-electron chi connectivity index (χ3n) is 4.65. The average Bonchev–Trinajstić information content (AvgIpc) is 3.30. The number of fused-ring (bicyclic) bond motifs is 1. The highest BCUT2D eigenvalue weighted by molar-refractivity contribution is 7.10. The SMILES string of the molecule is O=C(c1cnn2c1N[C@@H](c1cccs1)C[C@@H]2C(F)(F)F)N1CCOCC1. The quantitative estimate of drug-likeness (QED) is 0.862. The molecule has 0 saturated carbocycles. The Bertz CT molecular complexity index is 784. The second-order valence-electron chi connectivity index (χ2n) is 6.26. The second-order valence-corrected chi connectivity index (χ2v) is 7.24. The van der Waals surface area contributed by atoms with Gasteiger partial charge in [-0.05, 0) is 11.4 Å². The number of hydrogen-bond donors (Lipinski definition) is 1. The number of hydrogen-bond acceptors (Lipinski definition) is 5. The predicted octanol–water partition coefficient (Wildman–Crippen LogP) is 3.08. The molecule has 0 spiro atoms. The lowest BCUT2D eigenvalue weighted by atomic mass is 10.0. The molecule has 2 aliphatic rings. The van der Waals surface area contributed by atoms with E-state index < -0.39 is 18.3 Å². The van der Waals surface area contributed by atoms with Gasteiger partial charge in [0.15, 0.2) is 6.04 Å². The van der Waals surface area contributed by atoms with Gasteiger partial charge in [-0.3, -0.25) is 4.79 Å². The number of halogens is 3. The number of rotatable bonds is 2. The summed E-state index contributed by atoms with van der Waals surface area (Å²) in [7, 11) is 0. The van der Waals surface area contributed by atoms with Crippen LogP contribution in [0.3, 0.4) is 0 Å². The smallest absolute Gasteiger partial charge is 0.378 e. The minimum absolute atomic E-state index is 0.133. The van der Waals surface area contributed by atoms with E-state index in [-0.39, 0.29) is 23.7 Å². The molecular formula is C16H17F3N4O2S. The first kappa shape index (κ1) is 17.3. The lowest BCUT2D eigenvalue weighted by Crippen LogP contribution is -2.41. The molecule has 6 nitrogen and oxygen atoms in total. The van der Waals surface area contributed by atoms with Crippen molar-refractivity contribution < 1.29 is 22.7 Å². The van der Waals surface area contributed by atoms with Gasteiger partial charge in [0.2, 0.25) is 0 Å². The largest absolute Gasteiger partial charge is 0.410 e. The molecule has 2 atom stereocenters. The Morgan fingerprint density at radius 2 is 2.12 bits per heavy atom. The van der Waals surface area contributed by atoms with E-state index in [9.17, 15) is 18.0 Å². The lowest BCUT2D eigenvalue weighted by Gasteiger charge is -2.34. The zero-order chi connectivity index (χ0) is 18.3. The van der Waals surface area contributed by atoms with Crippen molar-refractivity contribution >= 4 is 23.1 Å². The third kappa shape index (κ3) is 3.07. The minimum atomic E-state index is -4.45. The fraction of sp³-hybridized carbons (Fsp3) is 0.500. The highest BCUT2D eigenvalue weighted by Gasteiger charge is 2.47. The number of alkyl halides is 3. The van der Waals surface area contributed by atoms with Crippen molar-refractivity contribution in [3.8, 4) is 0 Å². The van der Waals surface area contributed by atoms with Gasteiger partial charge >= 0.3 is 6.18 Å². The van der Waals surface area contributed by atoms with Crippen LogP contribution in [0, 0.1) is 0 Å². The molecule has 0 unspecified atom stereocenters. The van der Waals surface area contributed by atoms with Crippen LogP contribution in [0.5, 0.6) is 0 Å². The molecular weight excluding hydrogens is 369 g/mol. The summed E-state index contributed by atoms with van der Waals surface area (Å²) in [4.78, 5) is 15.2. The first-order valence-electron chi connectivity index (χ1n) is 8.26. The molecule has 1 amide bonds. The number of thiophene rings is 1. The molecule has 140 valence electrons. The molecule has 1 fully saturated rings. The van der Waals surface area contributed by atoms with Crippen LogP contribution in [0.15, 0.2) is 23.7 Å². The molecule has 4 rings (SSSR count). The van der Waals surface area contributed by atoms with E-state index in [1.54, 1.807) is 17.0 Å². The van der Waals surface area contributed by atoms with Crippen molar-refractivity contribution in [3.63, 3.8) is 0 Å². The summed E-state index contributed by atoms with van der Waals surface area (Å²) in [6.07, 6.45) is -3.38. The number of carbonyl (C=O) groups is 1. The summed E-state index contributed by atoms with van der Waals surface area (Å²) in [5, 5.41) is 8.82. The predicted molar refractivity (Wildman–Crippen MR) is 89.3 cm³/mol. The fourth-order valence-corrected chi connectivity index (χ4v) is 4.12. The Morgan fingerprint density at radius 1 is 1.35 bits per heavy atom. The number of aromatic nitrogens is 2. The van der Waals surface area contributed by atoms with Crippen molar-refractivity contribution in [2.75, 3.05) is 31.6 Å². The molecule has 1 N–H and O–H groups in total. The van der Waals surface area contributed by atoms with Crippen LogP contribution < -0.4 is 5.32 Å². The van der Waals surface area contributed by atoms with Crippen LogP contribution in [0.4, 0.5) is 19.0 Å². The normalized spacial score (nSPS) is 23.4. The number of nitrogens with zero attached hydrogens (tertiary/aromatic N) is 3. The van der Waals surface area contributed by atoms with Gasteiger partial charge in [-0.1, -0.05) is 6.07 Å². The zero-order valence-corrected chi connectivity index (χ0v) is 14.5. The molecule has 0 bridgehead atoms. The number of ether oxygens (including phenoxy) is 1. The van der Waals surface area contributed by atoms with E-state index in [4.69, 9.17) is 4.74 Å². The van der Waals surface area contributed by atoms with Crippen LogP contribution in [-0.2, 0) is 4.74 Å². The standard InChI is InChI=1S/C16H17F3N4O2S/c17-16(18,19)13-8-11(12-2-1-7-26-12)21-14-10(9-20-23(13)14)15(24)22-3-5-25-6-4-22/h1-2,7,9,11,13,21H,3-6,8H2/t11-,13-/m1/s1. The number of anilines is 1. The lowest BCUT2D eigenvalue weighted by molar-refractivity contribution is -0.173. The van der Waals surface area contributed by atoms with Gasteiger partial charge in [0.1, 0.15) is 11.4 Å². The Balaban J connectivity index is 1.70. The molecule has 1 saturated heterocycles. The van der Waals surface area contributed by atoms with Gasteiger partial charge in [0, 0.05) is 24.4 Å². The number of amides is 1. The summed E-state index contributed by atoms with van der Waals surface area (Å²) >= 11 is 1.39. The highest BCUT2D eigenvalue weighted by Crippen LogP contribution is 2.45. The summed E-state index contributed by atoms with van der Waals surface area (Å²) in [6.45, 7) is 1.68. The highest BCUT2D eigenvalue weighted by atomic mass is 32.1. The van der Waals surface area contributed by atoms with Gasteiger partial charge < -0.3 is 15.0 Å². The van der Waals surface area contributed by atoms with Crippen molar-refractivity contribution in [3.05, 3.63) is 34.2 Å². The van der Waals surface area contributed by atoms with Crippen molar-refractivity contribution in [2.45, 2.75) is 24.7 Å².